The number of hydrogen-bond donors (Lipinski definition) is 1. The van der Waals surface area contributed by atoms with E-state index in [1.807, 2.05) is 18.2 Å². The Bertz CT molecular complexity index is 1310. The molecule has 1 atom stereocenters. The number of aromatic nitrogens is 3. The van der Waals surface area contributed by atoms with E-state index in [-0.39, 0.29) is 17.4 Å². The molecule has 2 aromatic carbocycles. The molecule has 0 aliphatic carbocycles. The van der Waals surface area contributed by atoms with Gasteiger partial charge in [-0.05, 0) is 55.5 Å². The molecular formula is C25H22FN5O2. The lowest BCUT2D eigenvalue weighted by Gasteiger charge is -2.41. The van der Waals surface area contributed by atoms with Crippen LogP contribution in [-0.2, 0) is 0 Å². The first kappa shape index (κ1) is 20.8. The highest BCUT2D eigenvalue weighted by Crippen LogP contribution is 2.33. The lowest BCUT2D eigenvalue weighted by molar-refractivity contribution is 0.0699. The third-order valence-corrected chi connectivity index (χ3v) is 5.90. The summed E-state index contributed by atoms with van der Waals surface area (Å²) in [6.07, 6.45) is 1.78. The van der Waals surface area contributed by atoms with Gasteiger partial charge >= 0.3 is 5.97 Å². The summed E-state index contributed by atoms with van der Waals surface area (Å²) in [5.74, 6) is 0.124. The summed E-state index contributed by atoms with van der Waals surface area (Å²) < 4.78 is 13.6. The predicted octanol–water partition coefficient (Wildman–Crippen LogP) is 4.24. The van der Waals surface area contributed by atoms with Crippen molar-refractivity contribution in [1.29, 1.82) is 0 Å². The maximum atomic E-state index is 13.6. The van der Waals surface area contributed by atoms with Gasteiger partial charge in [-0.2, -0.15) is 0 Å². The molecule has 0 unspecified atom stereocenters. The highest BCUT2D eigenvalue weighted by atomic mass is 19.1. The first-order chi connectivity index (χ1) is 16.0. The number of anilines is 2. The molecule has 1 N–H and O–H groups in total. The van der Waals surface area contributed by atoms with E-state index in [1.54, 1.807) is 30.5 Å². The molecule has 0 amide bonds. The number of benzene rings is 2. The number of carboxylic acid groups (broad SMARTS) is 1. The fourth-order valence-corrected chi connectivity index (χ4v) is 4.26. The minimum absolute atomic E-state index is 0.0590. The highest BCUT2D eigenvalue weighted by molar-refractivity contribution is 6.01. The number of para-hydroxylation sites is 1. The Morgan fingerprint density at radius 1 is 1.03 bits per heavy atom. The Balaban J connectivity index is 1.61. The largest absolute Gasteiger partial charge is 0.478 e. The van der Waals surface area contributed by atoms with Crippen LogP contribution in [0.15, 0.2) is 66.9 Å². The van der Waals surface area contributed by atoms with E-state index in [4.69, 9.17) is 9.97 Å². The number of piperazine rings is 1. The van der Waals surface area contributed by atoms with Crippen LogP contribution in [0.3, 0.4) is 0 Å². The quantitative estimate of drug-likeness (QED) is 0.505. The molecule has 0 saturated carbocycles. The average Bonchev–Trinajstić information content (AvgIpc) is 2.84. The Morgan fingerprint density at radius 3 is 2.55 bits per heavy atom. The van der Waals surface area contributed by atoms with Gasteiger partial charge in [0, 0.05) is 37.4 Å². The molecule has 0 radical (unpaired) electrons. The molecule has 166 valence electrons. The third-order valence-electron chi connectivity index (χ3n) is 5.90. The van der Waals surface area contributed by atoms with Crippen LogP contribution >= 0.6 is 0 Å². The van der Waals surface area contributed by atoms with Gasteiger partial charge in [0.15, 0.2) is 5.82 Å². The van der Waals surface area contributed by atoms with Crippen molar-refractivity contribution in [3.63, 3.8) is 0 Å². The highest BCUT2D eigenvalue weighted by Gasteiger charge is 2.29. The van der Waals surface area contributed by atoms with E-state index in [0.29, 0.717) is 29.1 Å². The van der Waals surface area contributed by atoms with Gasteiger partial charge in [0.25, 0.3) is 0 Å². The molecule has 1 aliphatic rings. The van der Waals surface area contributed by atoms with Crippen LogP contribution in [-0.4, -0.2) is 51.7 Å². The van der Waals surface area contributed by atoms with Gasteiger partial charge in [0.2, 0.25) is 0 Å². The predicted molar refractivity (Wildman–Crippen MR) is 125 cm³/mol. The lowest BCUT2D eigenvalue weighted by atomic mass is 10.1. The number of pyridine rings is 1. The molecule has 5 rings (SSSR count). The van der Waals surface area contributed by atoms with Gasteiger partial charge in [-0.15, -0.1) is 0 Å². The van der Waals surface area contributed by atoms with Crippen LogP contribution in [0.2, 0.25) is 0 Å². The zero-order valence-corrected chi connectivity index (χ0v) is 18.0. The van der Waals surface area contributed by atoms with Crippen LogP contribution < -0.4 is 9.80 Å². The number of carboxylic acids is 1. The minimum Gasteiger partial charge on any atom is -0.478 e. The summed E-state index contributed by atoms with van der Waals surface area (Å²) in [6, 6.07) is 17.0. The van der Waals surface area contributed by atoms with Gasteiger partial charge in [-0.25, -0.2) is 24.1 Å². The topological polar surface area (TPSA) is 82.5 Å². The van der Waals surface area contributed by atoms with Crippen molar-refractivity contribution in [2.45, 2.75) is 13.0 Å². The second kappa shape index (κ2) is 8.46. The number of aromatic carboxylic acids is 1. The van der Waals surface area contributed by atoms with E-state index in [2.05, 4.69) is 21.7 Å². The molecule has 33 heavy (non-hydrogen) atoms. The number of halogens is 1. The van der Waals surface area contributed by atoms with E-state index in [1.165, 1.54) is 18.2 Å². The summed E-state index contributed by atoms with van der Waals surface area (Å²) in [6.45, 7) is 4.20. The smallest absolute Gasteiger partial charge is 0.337 e. The molecule has 0 bridgehead atoms. The van der Waals surface area contributed by atoms with Crippen LogP contribution in [0, 0.1) is 5.82 Å². The lowest BCUT2D eigenvalue weighted by Crippen LogP contribution is -2.52. The molecule has 7 nitrogen and oxygen atoms in total. The molecule has 3 heterocycles. The van der Waals surface area contributed by atoms with Crippen LogP contribution in [0.1, 0.15) is 17.3 Å². The summed E-state index contributed by atoms with van der Waals surface area (Å²) in [7, 11) is 0. The summed E-state index contributed by atoms with van der Waals surface area (Å²) >= 11 is 0. The van der Waals surface area contributed by atoms with Crippen molar-refractivity contribution in [2.75, 3.05) is 29.4 Å². The van der Waals surface area contributed by atoms with Crippen molar-refractivity contribution in [2.24, 2.45) is 0 Å². The van der Waals surface area contributed by atoms with Gasteiger partial charge in [0.1, 0.15) is 22.8 Å². The third kappa shape index (κ3) is 3.95. The number of nitrogens with zero attached hydrogens (tertiary/aromatic N) is 5. The molecule has 0 spiro atoms. The number of rotatable bonds is 4. The fourth-order valence-electron chi connectivity index (χ4n) is 4.26. The van der Waals surface area contributed by atoms with E-state index < -0.39 is 5.97 Å². The second-order valence-electron chi connectivity index (χ2n) is 8.06. The molecule has 2 aromatic heterocycles. The Kier molecular flexibility index (Phi) is 5.34. The number of hydrogen-bond acceptors (Lipinski definition) is 6. The van der Waals surface area contributed by atoms with Crippen molar-refractivity contribution < 1.29 is 14.3 Å². The molecule has 4 aromatic rings. The van der Waals surface area contributed by atoms with Crippen molar-refractivity contribution >= 4 is 28.6 Å². The molecule has 8 heteroatoms. The summed E-state index contributed by atoms with van der Waals surface area (Å²) in [5, 5.41) is 9.68. The standard InChI is InChI=1S/C25H22FN5O2/c1-16-15-30(21-7-2-3-12-27-21)13-14-31(16)24-22(17-8-10-18(26)11-9-17)28-20-6-4-5-19(25(32)33)23(20)29-24/h2-12,16H,13-15H2,1H3,(H,32,33)/t16-/m0/s1. The average molecular weight is 443 g/mol. The maximum absolute atomic E-state index is 13.6. The van der Waals surface area contributed by atoms with Crippen LogP contribution in [0.4, 0.5) is 16.0 Å². The fraction of sp³-hybridized carbons (Fsp3) is 0.200. The van der Waals surface area contributed by atoms with Crippen molar-refractivity contribution in [1.82, 2.24) is 15.0 Å². The Labute approximate surface area is 190 Å². The van der Waals surface area contributed by atoms with Gasteiger partial charge in [-0.1, -0.05) is 12.1 Å². The first-order valence-electron chi connectivity index (χ1n) is 10.7. The monoisotopic (exact) mass is 443 g/mol. The molecule has 1 aliphatic heterocycles. The number of fused-ring (bicyclic) bond motifs is 1. The maximum Gasteiger partial charge on any atom is 0.337 e. The zero-order valence-electron chi connectivity index (χ0n) is 18.0. The van der Waals surface area contributed by atoms with Crippen molar-refractivity contribution in [3.8, 4) is 11.3 Å². The normalized spacial score (nSPS) is 16.2. The second-order valence-corrected chi connectivity index (χ2v) is 8.06. The summed E-state index contributed by atoms with van der Waals surface area (Å²) in [4.78, 5) is 30.3. The van der Waals surface area contributed by atoms with Gasteiger partial charge < -0.3 is 14.9 Å². The first-order valence-corrected chi connectivity index (χ1v) is 10.7. The molecule has 1 fully saturated rings. The molecule has 1 saturated heterocycles. The van der Waals surface area contributed by atoms with Gasteiger partial charge in [-0.3, -0.25) is 0 Å². The van der Waals surface area contributed by atoms with Crippen LogP contribution in [0.25, 0.3) is 22.3 Å². The SMILES string of the molecule is C[C@H]1CN(c2ccccn2)CCN1c1nc2c(C(=O)O)cccc2nc1-c1ccc(F)cc1. The van der Waals surface area contributed by atoms with E-state index in [0.717, 1.165) is 24.5 Å². The Hall–Kier alpha value is -4.07. The number of carbonyl (C=O) groups is 1. The van der Waals surface area contributed by atoms with Crippen LogP contribution in [0.5, 0.6) is 0 Å². The summed E-state index contributed by atoms with van der Waals surface area (Å²) in [5.41, 5.74) is 2.25. The minimum atomic E-state index is -1.05. The zero-order chi connectivity index (χ0) is 22.9. The van der Waals surface area contributed by atoms with E-state index >= 15 is 0 Å². The van der Waals surface area contributed by atoms with E-state index in [9.17, 15) is 14.3 Å². The Morgan fingerprint density at radius 2 is 1.85 bits per heavy atom. The van der Waals surface area contributed by atoms with Crippen molar-refractivity contribution in [3.05, 3.63) is 78.2 Å². The molecular weight excluding hydrogens is 421 g/mol. The van der Waals surface area contributed by atoms with Gasteiger partial charge in [0.05, 0.1) is 11.1 Å².